The molecular formula is C12H17BrS. The number of hydrogen-bond acceptors (Lipinski definition) is 1. The first-order valence-corrected chi connectivity index (χ1v) is 7.32. The van der Waals surface area contributed by atoms with Gasteiger partial charge in [-0.3, -0.25) is 0 Å². The maximum Gasteiger partial charge on any atom is 0.0378 e. The molecule has 1 aliphatic carbocycles. The van der Waals surface area contributed by atoms with Crippen molar-refractivity contribution < 1.29 is 0 Å². The summed E-state index contributed by atoms with van der Waals surface area (Å²) in [4.78, 5) is 2.19. The average molecular weight is 273 g/mol. The summed E-state index contributed by atoms with van der Waals surface area (Å²) in [6.07, 6.45) is 8.26. The molecule has 0 fully saturated rings. The van der Waals surface area contributed by atoms with Crippen LogP contribution in [0.15, 0.2) is 5.38 Å². The fourth-order valence-corrected chi connectivity index (χ4v) is 4.03. The summed E-state index contributed by atoms with van der Waals surface area (Å²) in [6, 6.07) is 0. The van der Waals surface area contributed by atoms with Crippen LogP contribution in [0.3, 0.4) is 0 Å². The van der Waals surface area contributed by atoms with Crippen LogP contribution in [-0.2, 0) is 12.8 Å². The van der Waals surface area contributed by atoms with Gasteiger partial charge in [0.05, 0.1) is 0 Å². The zero-order valence-electron chi connectivity index (χ0n) is 8.68. The van der Waals surface area contributed by atoms with Crippen molar-refractivity contribution in [2.75, 3.05) is 0 Å². The zero-order chi connectivity index (χ0) is 9.97. The van der Waals surface area contributed by atoms with Crippen LogP contribution in [0.2, 0.25) is 0 Å². The van der Waals surface area contributed by atoms with Crippen LogP contribution in [-0.4, -0.2) is 0 Å². The third-order valence-corrected chi connectivity index (χ3v) is 4.62. The third-order valence-electron chi connectivity index (χ3n) is 3.02. The van der Waals surface area contributed by atoms with Gasteiger partial charge in [0.25, 0.3) is 0 Å². The molecule has 1 heterocycles. The lowest BCUT2D eigenvalue weighted by atomic mass is 9.96. The molecule has 14 heavy (non-hydrogen) atoms. The molecule has 0 spiro atoms. The molecule has 1 atom stereocenters. The summed E-state index contributed by atoms with van der Waals surface area (Å²) in [6.45, 7) is 2.24. The molecule has 1 unspecified atom stereocenters. The van der Waals surface area contributed by atoms with Crippen LogP contribution in [0.5, 0.6) is 0 Å². The lowest BCUT2D eigenvalue weighted by Crippen LogP contribution is -1.98. The van der Waals surface area contributed by atoms with Gasteiger partial charge in [0.15, 0.2) is 0 Å². The first-order chi connectivity index (χ1) is 6.79. The lowest BCUT2D eigenvalue weighted by molar-refractivity contribution is 0.620. The molecule has 2 rings (SSSR count). The van der Waals surface area contributed by atoms with Gasteiger partial charge in [-0.15, -0.1) is 11.3 Å². The molecule has 1 aliphatic rings. The van der Waals surface area contributed by atoms with Gasteiger partial charge in [-0.2, -0.15) is 0 Å². The maximum absolute atomic E-state index is 3.69. The van der Waals surface area contributed by atoms with E-state index in [9.17, 15) is 0 Å². The Kier molecular flexibility index (Phi) is 3.67. The van der Waals surface area contributed by atoms with Crippen molar-refractivity contribution in [1.82, 2.24) is 0 Å². The van der Waals surface area contributed by atoms with Crippen LogP contribution in [0.4, 0.5) is 0 Å². The minimum Gasteiger partial charge on any atom is -0.148 e. The molecule has 0 aliphatic heterocycles. The van der Waals surface area contributed by atoms with Crippen molar-refractivity contribution in [2.45, 2.75) is 50.3 Å². The summed E-state index contributed by atoms with van der Waals surface area (Å²) in [5.41, 5.74) is 3.21. The van der Waals surface area contributed by atoms with E-state index < -0.39 is 0 Å². The van der Waals surface area contributed by atoms with Crippen LogP contribution in [0, 0.1) is 0 Å². The second kappa shape index (κ2) is 4.80. The number of hydrogen-bond donors (Lipinski definition) is 0. The van der Waals surface area contributed by atoms with Crippen LogP contribution in [0.25, 0.3) is 0 Å². The fourth-order valence-electron chi connectivity index (χ4n) is 2.21. The quantitative estimate of drug-likeness (QED) is 0.641. The van der Waals surface area contributed by atoms with Gasteiger partial charge in [-0.1, -0.05) is 28.8 Å². The molecule has 0 aromatic carbocycles. The van der Waals surface area contributed by atoms with Crippen molar-refractivity contribution >= 4 is 27.3 Å². The first-order valence-electron chi connectivity index (χ1n) is 5.52. The monoisotopic (exact) mass is 272 g/mol. The van der Waals surface area contributed by atoms with E-state index in [-0.39, 0.29) is 0 Å². The molecule has 0 nitrogen and oxygen atoms in total. The smallest absolute Gasteiger partial charge is 0.0378 e. The summed E-state index contributed by atoms with van der Waals surface area (Å²) in [7, 11) is 0. The Labute approximate surface area is 98.9 Å². The number of aryl methyl sites for hydroxylation is 1. The standard InChI is InChI=1S/C12H17BrS/c1-9(13)11-8-14-12-7-5-3-2-4-6-10(11)12/h8-9H,2-7H2,1H3. The molecule has 1 aromatic rings. The predicted octanol–water partition coefficient (Wildman–Crippen LogP) is 4.86. The molecule has 78 valence electrons. The molecule has 2 heteroatoms. The summed E-state index contributed by atoms with van der Waals surface area (Å²) < 4.78 is 0. The molecule has 0 saturated heterocycles. The SMILES string of the molecule is CC(Br)c1csc2c1CCCCCC2. The zero-order valence-corrected chi connectivity index (χ0v) is 11.1. The van der Waals surface area contributed by atoms with Gasteiger partial charge in [0.2, 0.25) is 0 Å². The highest BCUT2D eigenvalue weighted by Crippen LogP contribution is 2.35. The average Bonchev–Trinajstić information content (AvgIpc) is 2.47. The van der Waals surface area contributed by atoms with E-state index in [1.54, 1.807) is 16.0 Å². The molecule has 0 radical (unpaired) electrons. The van der Waals surface area contributed by atoms with Crippen LogP contribution < -0.4 is 0 Å². The minimum atomic E-state index is 0.530. The van der Waals surface area contributed by atoms with E-state index in [0.717, 1.165) is 0 Å². The minimum absolute atomic E-state index is 0.530. The Morgan fingerprint density at radius 3 is 2.64 bits per heavy atom. The predicted molar refractivity (Wildman–Crippen MR) is 67.5 cm³/mol. The molecule has 0 amide bonds. The van der Waals surface area contributed by atoms with E-state index in [1.165, 1.54) is 38.5 Å². The Morgan fingerprint density at radius 1 is 1.21 bits per heavy atom. The third kappa shape index (κ3) is 2.22. The highest BCUT2D eigenvalue weighted by atomic mass is 79.9. The topological polar surface area (TPSA) is 0 Å². The second-order valence-electron chi connectivity index (χ2n) is 4.12. The van der Waals surface area contributed by atoms with E-state index in [2.05, 4.69) is 28.2 Å². The lowest BCUT2D eigenvalue weighted by Gasteiger charge is -2.12. The van der Waals surface area contributed by atoms with Gasteiger partial charge < -0.3 is 0 Å². The van der Waals surface area contributed by atoms with E-state index in [0.29, 0.717) is 4.83 Å². The van der Waals surface area contributed by atoms with E-state index in [1.807, 2.05) is 11.3 Å². The van der Waals surface area contributed by atoms with Crippen molar-refractivity contribution in [3.63, 3.8) is 0 Å². The van der Waals surface area contributed by atoms with E-state index >= 15 is 0 Å². The number of alkyl halides is 1. The molecule has 0 N–H and O–H groups in total. The largest absolute Gasteiger partial charge is 0.148 e. The van der Waals surface area contributed by atoms with Gasteiger partial charge in [-0.05, 0) is 49.1 Å². The molecular weight excluding hydrogens is 256 g/mol. The van der Waals surface area contributed by atoms with Crippen LogP contribution >= 0.6 is 27.3 Å². The van der Waals surface area contributed by atoms with Gasteiger partial charge in [0, 0.05) is 9.70 Å². The second-order valence-corrected chi connectivity index (χ2v) is 6.46. The summed E-state index contributed by atoms with van der Waals surface area (Å²) in [5.74, 6) is 0. The highest BCUT2D eigenvalue weighted by molar-refractivity contribution is 9.09. The van der Waals surface area contributed by atoms with Gasteiger partial charge in [0.1, 0.15) is 0 Å². The van der Waals surface area contributed by atoms with Gasteiger partial charge >= 0.3 is 0 Å². The van der Waals surface area contributed by atoms with E-state index in [4.69, 9.17) is 0 Å². The van der Waals surface area contributed by atoms with Crippen LogP contribution in [0.1, 0.15) is 53.4 Å². The molecule has 1 aromatic heterocycles. The number of fused-ring (bicyclic) bond motifs is 1. The number of halogens is 1. The van der Waals surface area contributed by atoms with Crippen molar-refractivity contribution in [3.05, 3.63) is 21.4 Å². The molecule has 0 bridgehead atoms. The fraction of sp³-hybridized carbons (Fsp3) is 0.667. The maximum atomic E-state index is 3.69. The Hall–Kier alpha value is 0.180. The first kappa shape index (κ1) is 10.7. The molecule has 0 saturated carbocycles. The van der Waals surface area contributed by atoms with Crippen molar-refractivity contribution in [2.24, 2.45) is 0 Å². The Morgan fingerprint density at radius 2 is 1.93 bits per heavy atom. The Balaban J connectivity index is 2.28. The summed E-state index contributed by atoms with van der Waals surface area (Å²) >= 11 is 5.67. The van der Waals surface area contributed by atoms with Gasteiger partial charge in [-0.25, -0.2) is 0 Å². The van der Waals surface area contributed by atoms with Crippen molar-refractivity contribution in [1.29, 1.82) is 0 Å². The van der Waals surface area contributed by atoms with Crippen molar-refractivity contribution in [3.8, 4) is 0 Å². The number of thiophene rings is 1. The summed E-state index contributed by atoms with van der Waals surface area (Å²) in [5, 5.41) is 2.36. The number of rotatable bonds is 1. The normalized spacial score (nSPS) is 19.6. The Bertz CT molecular complexity index is 301. The highest BCUT2D eigenvalue weighted by Gasteiger charge is 2.15.